The molecule has 1 N–H and O–H groups in total. The Bertz CT molecular complexity index is 441. The number of halogens is 2. The van der Waals surface area contributed by atoms with Gasteiger partial charge in [-0.3, -0.25) is 4.79 Å². The highest BCUT2D eigenvalue weighted by Crippen LogP contribution is 2.21. The molecule has 0 bridgehead atoms. The third kappa shape index (κ3) is 3.94. The van der Waals surface area contributed by atoms with Gasteiger partial charge in [0.1, 0.15) is 0 Å². The fourth-order valence-corrected chi connectivity index (χ4v) is 3.25. The zero-order chi connectivity index (χ0) is 13.8. The van der Waals surface area contributed by atoms with Crippen LogP contribution < -0.4 is 5.32 Å². The summed E-state index contributed by atoms with van der Waals surface area (Å²) in [5.41, 5.74) is 0.638. The number of likely N-dealkylation sites (N-methyl/N-ethyl adjacent to an activating group) is 1. The zero-order valence-corrected chi connectivity index (χ0v) is 13.3. The standard InChI is InChI=1S/C14H18BrClN2O/c1-2-18(9-13-4-3-5-17-13)14(19)10-6-11(15)8-12(16)7-10/h6-8,13,17H,2-5,9H2,1H3. The van der Waals surface area contributed by atoms with Crippen molar-refractivity contribution in [1.29, 1.82) is 0 Å². The molecule has 1 fully saturated rings. The summed E-state index contributed by atoms with van der Waals surface area (Å²) in [5.74, 6) is 0.0411. The minimum atomic E-state index is 0.0411. The Labute approximate surface area is 127 Å². The Morgan fingerprint density at radius 1 is 1.53 bits per heavy atom. The van der Waals surface area contributed by atoms with Gasteiger partial charge in [-0.25, -0.2) is 0 Å². The van der Waals surface area contributed by atoms with E-state index in [2.05, 4.69) is 21.2 Å². The summed E-state index contributed by atoms with van der Waals surface area (Å²) >= 11 is 9.37. The lowest BCUT2D eigenvalue weighted by molar-refractivity contribution is 0.0751. The van der Waals surface area contributed by atoms with Gasteiger partial charge in [0.05, 0.1) is 0 Å². The van der Waals surface area contributed by atoms with E-state index in [-0.39, 0.29) is 5.91 Å². The van der Waals surface area contributed by atoms with Gasteiger partial charge < -0.3 is 10.2 Å². The maximum absolute atomic E-state index is 12.5. The van der Waals surface area contributed by atoms with Gasteiger partial charge in [0.25, 0.3) is 5.91 Å². The van der Waals surface area contributed by atoms with Crippen molar-refractivity contribution in [2.75, 3.05) is 19.6 Å². The van der Waals surface area contributed by atoms with E-state index < -0.39 is 0 Å². The Morgan fingerprint density at radius 2 is 2.32 bits per heavy atom. The van der Waals surface area contributed by atoms with Crippen molar-refractivity contribution in [3.8, 4) is 0 Å². The topological polar surface area (TPSA) is 32.3 Å². The molecule has 104 valence electrons. The Kier molecular flexibility index (Phi) is 5.25. The predicted molar refractivity (Wildman–Crippen MR) is 81.8 cm³/mol. The fourth-order valence-electron chi connectivity index (χ4n) is 2.39. The molecular formula is C14H18BrClN2O. The van der Waals surface area contributed by atoms with E-state index in [9.17, 15) is 4.79 Å². The lowest BCUT2D eigenvalue weighted by atomic mass is 10.1. The van der Waals surface area contributed by atoms with Gasteiger partial charge in [-0.05, 0) is 44.5 Å². The smallest absolute Gasteiger partial charge is 0.253 e. The molecule has 0 aliphatic carbocycles. The van der Waals surface area contributed by atoms with Gasteiger partial charge in [-0.15, -0.1) is 0 Å². The van der Waals surface area contributed by atoms with Crippen molar-refractivity contribution in [2.45, 2.75) is 25.8 Å². The first kappa shape index (κ1) is 14.8. The molecule has 0 radical (unpaired) electrons. The van der Waals surface area contributed by atoms with Crippen molar-refractivity contribution >= 4 is 33.4 Å². The largest absolute Gasteiger partial charge is 0.337 e. The summed E-state index contributed by atoms with van der Waals surface area (Å²) in [6.45, 7) is 4.53. The van der Waals surface area contributed by atoms with Gasteiger partial charge in [0.2, 0.25) is 0 Å². The average Bonchev–Trinajstić information content (AvgIpc) is 2.86. The number of hydrogen-bond acceptors (Lipinski definition) is 2. The molecule has 3 nitrogen and oxygen atoms in total. The third-order valence-electron chi connectivity index (χ3n) is 3.38. The molecule has 1 aromatic rings. The highest BCUT2D eigenvalue weighted by atomic mass is 79.9. The Balaban J connectivity index is 2.10. The monoisotopic (exact) mass is 344 g/mol. The number of nitrogens with one attached hydrogen (secondary N) is 1. The highest BCUT2D eigenvalue weighted by molar-refractivity contribution is 9.10. The van der Waals surface area contributed by atoms with Crippen molar-refractivity contribution in [1.82, 2.24) is 10.2 Å². The molecule has 1 unspecified atom stereocenters. The van der Waals surface area contributed by atoms with Gasteiger partial charge in [-0.2, -0.15) is 0 Å². The first-order valence-corrected chi connectivity index (χ1v) is 7.76. The van der Waals surface area contributed by atoms with Crippen molar-refractivity contribution < 1.29 is 4.79 Å². The number of carbonyl (C=O) groups excluding carboxylic acids is 1. The normalized spacial score (nSPS) is 18.6. The molecule has 1 aliphatic heterocycles. The van der Waals surface area contributed by atoms with Crippen LogP contribution in [0.5, 0.6) is 0 Å². The van der Waals surface area contributed by atoms with Crippen LogP contribution in [0.4, 0.5) is 0 Å². The molecular weight excluding hydrogens is 328 g/mol. The highest BCUT2D eigenvalue weighted by Gasteiger charge is 2.21. The number of carbonyl (C=O) groups is 1. The van der Waals surface area contributed by atoms with Crippen molar-refractivity contribution in [3.05, 3.63) is 33.3 Å². The Morgan fingerprint density at radius 3 is 2.89 bits per heavy atom. The molecule has 2 rings (SSSR count). The van der Waals surface area contributed by atoms with E-state index in [1.165, 1.54) is 6.42 Å². The van der Waals surface area contributed by atoms with Gasteiger partial charge in [0.15, 0.2) is 0 Å². The second-order valence-electron chi connectivity index (χ2n) is 4.80. The van der Waals surface area contributed by atoms with Crippen LogP contribution >= 0.6 is 27.5 Å². The Hall–Kier alpha value is -0.580. The summed E-state index contributed by atoms with van der Waals surface area (Å²) in [6.07, 6.45) is 2.34. The van der Waals surface area contributed by atoms with Gasteiger partial charge in [-0.1, -0.05) is 27.5 Å². The maximum atomic E-state index is 12.5. The van der Waals surface area contributed by atoms with Crippen LogP contribution in [-0.2, 0) is 0 Å². The fraction of sp³-hybridized carbons (Fsp3) is 0.500. The summed E-state index contributed by atoms with van der Waals surface area (Å²) in [4.78, 5) is 14.4. The molecule has 19 heavy (non-hydrogen) atoms. The van der Waals surface area contributed by atoms with Gasteiger partial charge in [0, 0.05) is 34.2 Å². The second kappa shape index (κ2) is 6.73. The van der Waals surface area contributed by atoms with E-state index in [1.807, 2.05) is 17.9 Å². The van der Waals surface area contributed by atoms with Crippen LogP contribution in [0.1, 0.15) is 30.1 Å². The summed E-state index contributed by atoms with van der Waals surface area (Å²) < 4.78 is 0.832. The molecule has 1 saturated heterocycles. The average molecular weight is 346 g/mol. The predicted octanol–water partition coefficient (Wildman–Crippen LogP) is 3.32. The first-order chi connectivity index (χ1) is 9.10. The molecule has 1 amide bonds. The van der Waals surface area contributed by atoms with Crippen LogP contribution in [0.3, 0.4) is 0 Å². The maximum Gasteiger partial charge on any atom is 0.253 e. The van der Waals surface area contributed by atoms with Crippen LogP contribution in [-0.4, -0.2) is 36.5 Å². The lowest BCUT2D eigenvalue weighted by Crippen LogP contribution is -2.41. The minimum absolute atomic E-state index is 0.0411. The number of hydrogen-bond donors (Lipinski definition) is 1. The van der Waals surface area contributed by atoms with E-state index >= 15 is 0 Å². The summed E-state index contributed by atoms with van der Waals surface area (Å²) in [5, 5.41) is 4.00. The quantitative estimate of drug-likeness (QED) is 0.908. The number of nitrogens with zero attached hydrogens (tertiary/aromatic N) is 1. The molecule has 1 heterocycles. The molecule has 1 aromatic carbocycles. The van der Waals surface area contributed by atoms with E-state index in [1.54, 1.807) is 12.1 Å². The molecule has 1 atom stereocenters. The van der Waals surface area contributed by atoms with Gasteiger partial charge >= 0.3 is 0 Å². The molecule has 1 aliphatic rings. The summed E-state index contributed by atoms with van der Waals surface area (Å²) in [7, 11) is 0. The molecule has 0 saturated carbocycles. The van der Waals surface area contributed by atoms with Crippen molar-refractivity contribution in [2.24, 2.45) is 0 Å². The second-order valence-corrected chi connectivity index (χ2v) is 6.15. The van der Waals surface area contributed by atoms with Crippen LogP contribution in [0, 0.1) is 0 Å². The van der Waals surface area contributed by atoms with E-state index in [0.29, 0.717) is 23.2 Å². The third-order valence-corrected chi connectivity index (χ3v) is 4.06. The molecule has 0 aromatic heterocycles. The van der Waals surface area contributed by atoms with Crippen LogP contribution in [0.25, 0.3) is 0 Å². The SMILES string of the molecule is CCN(CC1CCCN1)C(=O)c1cc(Cl)cc(Br)c1. The van der Waals surface area contributed by atoms with E-state index in [0.717, 1.165) is 24.0 Å². The number of rotatable bonds is 4. The van der Waals surface area contributed by atoms with Crippen molar-refractivity contribution in [3.63, 3.8) is 0 Å². The van der Waals surface area contributed by atoms with E-state index in [4.69, 9.17) is 11.6 Å². The zero-order valence-electron chi connectivity index (χ0n) is 11.0. The van der Waals surface area contributed by atoms with Crippen LogP contribution in [0.15, 0.2) is 22.7 Å². The molecule has 0 spiro atoms. The van der Waals surface area contributed by atoms with Crippen LogP contribution in [0.2, 0.25) is 5.02 Å². The minimum Gasteiger partial charge on any atom is -0.337 e. The lowest BCUT2D eigenvalue weighted by Gasteiger charge is -2.24. The molecule has 5 heteroatoms. The first-order valence-electron chi connectivity index (χ1n) is 6.59. The summed E-state index contributed by atoms with van der Waals surface area (Å²) in [6, 6.07) is 5.75. The number of amides is 1. The number of benzene rings is 1.